The molecule has 8 nitrogen and oxygen atoms in total. The minimum Gasteiger partial charge on any atom is -0.488 e. The van der Waals surface area contributed by atoms with Gasteiger partial charge in [0.2, 0.25) is 0 Å². The SMILES string of the molecule is O=C(O)c1cc(OCc2ccccc2)c2cc(Nc3ccccc3)cc([N+](=O)[O-])c2n1. The van der Waals surface area contributed by atoms with Gasteiger partial charge in [-0.25, -0.2) is 9.78 Å². The van der Waals surface area contributed by atoms with E-state index in [-0.39, 0.29) is 29.3 Å². The molecule has 0 saturated carbocycles. The molecule has 31 heavy (non-hydrogen) atoms. The first-order valence-electron chi connectivity index (χ1n) is 9.36. The molecule has 0 aliphatic heterocycles. The van der Waals surface area contributed by atoms with Gasteiger partial charge in [-0.15, -0.1) is 0 Å². The van der Waals surface area contributed by atoms with Crippen LogP contribution in [0.2, 0.25) is 0 Å². The summed E-state index contributed by atoms with van der Waals surface area (Å²) in [6.07, 6.45) is 0. The van der Waals surface area contributed by atoms with Crippen molar-refractivity contribution in [2.75, 3.05) is 5.32 Å². The lowest BCUT2D eigenvalue weighted by Crippen LogP contribution is -2.05. The van der Waals surface area contributed by atoms with Crippen molar-refractivity contribution in [1.82, 2.24) is 4.98 Å². The van der Waals surface area contributed by atoms with E-state index in [2.05, 4.69) is 10.3 Å². The zero-order chi connectivity index (χ0) is 21.8. The molecule has 3 aromatic carbocycles. The second kappa shape index (κ2) is 8.50. The number of non-ortho nitro benzene ring substituents is 1. The van der Waals surface area contributed by atoms with Gasteiger partial charge in [0.05, 0.1) is 10.3 Å². The Morgan fingerprint density at radius 2 is 1.68 bits per heavy atom. The zero-order valence-corrected chi connectivity index (χ0v) is 16.2. The number of rotatable bonds is 7. The number of carboxylic acid groups (broad SMARTS) is 1. The molecule has 0 spiro atoms. The molecule has 4 rings (SSSR count). The van der Waals surface area contributed by atoms with Crippen LogP contribution in [0.3, 0.4) is 0 Å². The van der Waals surface area contributed by atoms with Gasteiger partial charge in [0, 0.05) is 23.5 Å². The molecule has 8 heteroatoms. The Labute approximate surface area is 176 Å². The van der Waals surface area contributed by atoms with Gasteiger partial charge >= 0.3 is 5.97 Å². The molecule has 1 heterocycles. The summed E-state index contributed by atoms with van der Waals surface area (Å²) in [5.74, 6) is -1.10. The Bertz CT molecular complexity index is 1260. The van der Waals surface area contributed by atoms with Crippen LogP contribution in [-0.4, -0.2) is 21.0 Å². The second-order valence-electron chi connectivity index (χ2n) is 6.72. The lowest BCUT2D eigenvalue weighted by Gasteiger charge is -2.13. The molecule has 0 radical (unpaired) electrons. The molecule has 0 aliphatic rings. The Morgan fingerprint density at radius 1 is 1.00 bits per heavy atom. The van der Waals surface area contributed by atoms with E-state index in [0.717, 1.165) is 11.3 Å². The van der Waals surface area contributed by atoms with Gasteiger partial charge in [0.15, 0.2) is 11.2 Å². The molecule has 0 atom stereocenters. The van der Waals surface area contributed by atoms with Gasteiger partial charge < -0.3 is 15.2 Å². The van der Waals surface area contributed by atoms with Crippen LogP contribution in [0.4, 0.5) is 17.1 Å². The summed E-state index contributed by atoms with van der Waals surface area (Å²) >= 11 is 0. The maximum Gasteiger partial charge on any atom is 0.354 e. The van der Waals surface area contributed by atoms with Gasteiger partial charge in [0.25, 0.3) is 5.69 Å². The van der Waals surface area contributed by atoms with Crippen molar-refractivity contribution in [3.8, 4) is 5.75 Å². The van der Waals surface area contributed by atoms with E-state index in [1.54, 1.807) is 6.07 Å². The van der Waals surface area contributed by atoms with Crippen LogP contribution in [0, 0.1) is 10.1 Å². The maximum atomic E-state index is 11.7. The highest BCUT2D eigenvalue weighted by molar-refractivity contribution is 5.99. The number of para-hydroxylation sites is 1. The summed E-state index contributed by atoms with van der Waals surface area (Å²) in [6.45, 7) is 0.170. The van der Waals surface area contributed by atoms with Crippen molar-refractivity contribution in [3.05, 3.63) is 100 Å². The summed E-state index contributed by atoms with van der Waals surface area (Å²) in [7, 11) is 0. The van der Waals surface area contributed by atoms with E-state index < -0.39 is 10.9 Å². The van der Waals surface area contributed by atoms with Crippen LogP contribution >= 0.6 is 0 Å². The molecule has 0 amide bonds. The number of carboxylic acids is 1. The van der Waals surface area contributed by atoms with Gasteiger partial charge in [-0.2, -0.15) is 0 Å². The number of benzene rings is 3. The minimum atomic E-state index is -1.30. The molecule has 4 aromatic rings. The third-order valence-corrected chi connectivity index (χ3v) is 4.57. The van der Waals surface area contributed by atoms with Crippen molar-refractivity contribution in [2.45, 2.75) is 6.61 Å². The largest absolute Gasteiger partial charge is 0.488 e. The van der Waals surface area contributed by atoms with Crippen LogP contribution in [-0.2, 0) is 6.61 Å². The molecular weight excluding hydrogens is 398 g/mol. The first kappa shape index (κ1) is 19.8. The van der Waals surface area contributed by atoms with E-state index in [1.165, 1.54) is 12.1 Å². The van der Waals surface area contributed by atoms with E-state index in [4.69, 9.17) is 4.74 Å². The smallest absolute Gasteiger partial charge is 0.354 e. The highest BCUT2D eigenvalue weighted by atomic mass is 16.6. The average molecular weight is 415 g/mol. The van der Waals surface area contributed by atoms with Gasteiger partial charge in [-0.05, 0) is 23.8 Å². The topological polar surface area (TPSA) is 115 Å². The quantitative estimate of drug-likeness (QED) is 0.316. The standard InChI is InChI=1S/C23H17N3O5/c27-23(28)19-13-21(31-14-15-7-3-1-4-8-15)18-11-17(24-16-9-5-2-6-10-16)12-20(26(29)30)22(18)25-19/h1-13,24H,14H2,(H,27,28). The number of ether oxygens (including phenoxy) is 1. The summed E-state index contributed by atoms with van der Waals surface area (Å²) in [5.41, 5.74) is 1.38. The Kier molecular flexibility index (Phi) is 5.44. The Balaban J connectivity index is 1.84. The fourth-order valence-corrected chi connectivity index (χ4v) is 3.14. The average Bonchev–Trinajstić information content (AvgIpc) is 2.78. The third-order valence-electron chi connectivity index (χ3n) is 4.57. The number of nitro benzene ring substituents is 1. The summed E-state index contributed by atoms with van der Waals surface area (Å²) in [4.78, 5) is 26.7. The highest BCUT2D eigenvalue weighted by Crippen LogP contribution is 2.36. The number of pyridine rings is 1. The van der Waals surface area contributed by atoms with Gasteiger partial charge in [-0.1, -0.05) is 48.5 Å². The maximum absolute atomic E-state index is 11.7. The molecule has 0 aliphatic carbocycles. The van der Waals surface area contributed by atoms with E-state index in [1.807, 2.05) is 60.7 Å². The third kappa shape index (κ3) is 4.43. The number of aromatic nitrogens is 1. The molecule has 2 N–H and O–H groups in total. The normalized spacial score (nSPS) is 10.6. The lowest BCUT2D eigenvalue weighted by molar-refractivity contribution is -0.383. The fourth-order valence-electron chi connectivity index (χ4n) is 3.14. The lowest BCUT2D eigenvalue weighted by atomic mass is 10.1. The number of nitro groups is 1. The fraction of sp³-hybridized carbons (Fsp3) is 0.0435. The molecule has 0 bridgehead atoms. The molecular formula is C23H17N3O5. The summed E-state index contributed by atoms with van der Waals surface area (Å²) in [6, 6.07) is 22.8. The zero-order valence-electron chi connectivity index (χ0n) is 16.2. The number of nitrogens with one attached hydrogen (secondary N) is 1. The number of aromatic carboxylic acids is 1. The van der Waals surface area contributed by atoms with Crippen LogP contribution < -0.4 is 10.1 Å². The predicted octanol–water partition coefficient (Wildman–Crippen LogP) is 5.16. The minimum absolute atomic E-state index is 0.0495. The molecule has 0 saturated heterocycles. The second-order valence-corrected chi connectivity index (χ2v) is 6.72. The van der Waals surface area contributed by atoms with E-state index in [9.17, 15) is 20.0 Å². The molecule has 0 unspecified atom stereocenters. The highest BCUT2D eigenvalue weighted by Gasteiger charge is 2.21. The van der Waals surface area contributed by atoms with Gasteiger partial charge in [-0.3, -0.25) is 10.1 Å². The van der Waals surface area contributed by atoms with E-state index >= 15 is 0 Å². The molecule has 0 fully saturated rings. The van der Waals surface area contributed by atoms with Crippen LogP contribution in [0.1, 0.15) is 16.1 Å². The number of hydrogen-bond acceptors (Lipinski definition) is 6. The number of nitrogens with zero attached hydrogens (tertiary/aromatic N) is 2. The van der Waals surface area contributed by atoms with Crippen molar-refractivity contribution in [3.63, 3.8) is 0 Å². The summed E-state index contributed by atoms with van der Waals surface area (Å²) < 4.78 is 5.88. The first-order chi connectivity index (χ1) is 15.0. The Morgan fingerprint density at radius 3 is 2.32 bits per heavy atom. The molecule has 154 valence electrons. The van der Waals surface area contributed by atoms with Crippen LogP contribution in [0.15, 0.2) is 78.9 Å². The number of hydrogen-bond donors (Lipinski definition) is 2. The molecule has 1 aromatic heterocycles. The first-order valence-corrected chi connectivity index (χ1v) is 9.36. The Hall–Kier alpha value is -4.46. The van der Waals surface area contributed by atoms with Gasteiger partial charge in [0.1, 0.15) is 12.4 Å². The van der Waals surface area contributed by atoms with E-state index in [0.29, 0.717) is 11.1 Å². The summed E-state index contributed by atoms with van der Waals surface area (Å²) in [5, 5.41) is 24.6. The number of carbonyl (C=O) groups is 1. The number of anilines is 2. The van der Waals surface area contributed by atoms with Crippen molar-refractivity contribution in [1.29, 1.82) is 0 Å². The van der Waals surface area contributed by atoms with Crippen molar-refractivity contribution < 1.29 is 19.6 Å². The number of fused-ring (bicyclic) bond motifs is 1. The van der Waals surface area contributed by atoms with Crippen LogP contribution in [0.25, 0.3) is 10.9 Å². The monoisotopic (exact) mass is 415 g/mol. The van der Waals surface area contributed by atoms with Crippen molar-refractivity contribution >= 4 is 33.9 Å². The van der Waals surface area contributed by atoms with Crippen molar-refractivity contribution in [2.24, 2.45) is 0 Å². The van der Waals surface area contributed by atoms with Crippen LogP contribution in [0.5, 0.6) is 5.75 Å². The predicted molar refractivity (Wildman–Crippen MR) is 116 cm³/mol.